The summed E-state index contributed by atoms with van der Waals surface area (Å²) in [6, 6.07) is 8.62. The molecule has 0 aliphatic rings. The normalized spacial score (nSPS) is 10.8. The zero-order chi connectivity index (χ0) is 12.4. The van der Waals surface area contributed by atoms with Crippen LogP contribution in [0.1, 0.15) is 35.0 Å². The van der Waals surface area contributed by atoms with E-state index in [9.17, 15) is 0 Å². The Morgan fingerprint density at radius 1 is 1.18 bits per heavy atom. The molecule has 17 heavy (non-hydrogen) atoms. The molecule has 0 saturated heterocycles. The van der Waals surface area contributed by atoms with Crippen LogP contribution in [0.25, 0.3) is 0 Å². The van der Waals surface area contributed by atoms with Gasteiger partial charge < -0.3 is 0 Å². The molecule has 0 fully saturated rings. The van der Waals surface area contributed by atoms with Crippen LogP contribution in [0.15, 0.2) is 24.3 Å². The van der Waals surface area contributed by atoms with Crippen LogP contribution in [0, 0.1) is 20.8 Å². The summed E-state index contributed by atoms with van der Waals surface area (Å²) >= 11 is 0. The third kappa shape index (κ3) is 2.41. The van der Waals surface area contributed by atoms with Crippen molar-refractivity contribution >= 4 is 0 Å². The van der Waals surface area contributed by atoms with Crippen molar-refractivity contribution in [2.45, 2.75) is 40.7 Å². The van der Waals surface area contributed by atoms with E-state index in [-0.39, 0.29) is 0 Å². The Morgan fingerprint density at radius 2 is 1.94 bits per heavy atom. The van der Waals surface area contributed by atoms with Gasteiger partial charge in [-0.15, -0.1) is 0 Å². The monoisotopic (exact) mass is 228 g/mol. The van der Waals surface area contributed by atoms with E-state index < -0.39 is 0 Å². The Labute approximate surface area is 103 Å². The van der Waals surface area contributed by atoms with Crippen molar-refractivity contribution < 1.29 is 0 Å². The Kier molecular flexibility index (Phi) is 3.32. The first-order valence-corrected chi connectivity index (χ1v) is 6.20. The summed E-state index contributed by atoms with van der Waals surface area (Å²) in [5.41, 5.74) is 6.47. The van der Waals surface area contributed by atoms with Gasteiger partial charge in [0.15, 0.2) is 0 Å². The van der Waals surface area contributed by atoms with Gasteiger partial charge >= 0.3 is 0 Å². The Morgan fingerprint density at radius 3 is 2.53 bits per heavy atom. The van der Waals surface area contributed by atoms with Crippen molar-refractivity contribution in [1.82, 2.24) is 9.78 Å². The van der Waals surface area contributed by atoms with Gasteiger partial charge in [0.2, 0.25) is 0 Å². The van der Waals surface area contributed by atoms with Crippen molar-refractivity contribution in [3.8, 4) is 0 Å². The van der Waals surface area contributed by atoms with Crippen LogP contribution >= 0.6 is 0 Å². The van der Waals surface area contributed by atoms with Crippen molar-refractivity contribution in [3.63, 3.8) is 0 Å². The maximum absolute atomic E-state index is 4.62. The minimum absolute atomic E-state index is 0.869. The van der Waals surface area contributed by atoms with Crippen molar-refractivity contribution in [2.24, 2.45) is 0 Å². The molecule has 90 valence electrons. The van der Waals surface area contributed by atoms with Crippen molar-refractivity contribution in [2.75, 3.05) is 0 Å². The Bertz CT molecular complexity index is 524. The zero-order valence-electron chi connectivity index (χ0n) is 11.1. The standard InChI is InChI=1S/C15H20N2/c1-5-15-12(3)16-17(13(15)4)10-14-8-6-7-11(2)9-14/h6-9H,5,10H2,1-4H3. The molecule has 0 atom stereocenters. The lowest BCUT2D eigenvalue weighted by Gasteiger charge is -2.06. The molecule has 0 amide bonds. The minimum Gasteiger partial charge on any atom is -0.265 e. The van der Waals surface area contributed by atoms with E-state index in [1.165, 1.54) is 22.4 Å². The summed E-state index contributed by atoms with van der Waals surface area (Å²) in [6.07, 6.45) is 1.06. The first-order valence-electron chi connectivity index (χ1n) is 6.20. The largest absolute Gasteiger partial charge is 0.265 e. The first-order chi connectivity index (χ1) is 8.11. The molecule has 1 aromatic carbocycles. The molecule has 2 nitrogen and oxygen atoms in total. The Balaban J connectivity index is 2.30. The highest BCUT2D eigenvalue weighted by molar-refractivity contribution is 5.27. The molecule has 0 bridgehead atoms. The summed E-state index contributed by atoms with van der Waals surface area (Å²) in [7, 11) is 0. The van der Waals surface area contributed by atoms with Gasteiger partial charge in [-0.2, -0.15) is 5.10 Å². The van der Waals surface area contributed by atoms with Gasteiger partial charge in [-0.25, -0.2) is 0 Å². The number of aromatic nitrogens is 2. The molecule has 1 aromatic heterocycles. The molecule has 0 spiro atoms. The topological polar surface area (TPSA) is 17.8 Å². The number of hydrogen-bond donors (Lipinski definition) is 0. The minimum atomic E-state index is 0.869. The lowest BCUT2D eigenvalue weighted by molar-refractivity contribution is 0.658. The molecule has 0 saturated carbocycles. The fraction of sp³-hybridized carbons (Fsp3) is 0.400. The molecule has 2 aromatic rings. The van der Waals surface area contributed by atoms with E-state index in [0.717, 1.165) is 18.7 Å². The van der Waals surface area contributed by atoms with E-state index in [2.05, 4.69) is 61.7 Å². The van der Waals surface area contributed by atoms with Crippen LogP contribution in [0.4, 0.5) is 0 Å². The summed E-state index contributed by atoms with van der Waals surface area (Å²) in [5.74, 6) is 0. The molecular weight excluding hydrogens is 208 g/mol. The fourth-order valence-corrected chi connectivity index (χ4v) is 2.38. The third-order valence-corrected chi connectivity index (χ3v) is 3.30. The lowest BCUT2D eigenvalue weighted by Crippen LogP contribution is -2.04. The molecule has 0 aliphatic heterocycles. The predicted octanol–water partition coefficient (Wildman–Crippen LogP) is 3.42. The zero-order valence-corrected chi connectivity index (χ0v) is 11.1. The summed E-state index contributed by atoms with van der Waals surface area (Å²) in [6.45, 7) is 9.44. The van der Waals surface area contributed by atoms with E-state index >= 15 is 0 Å². The first kappa shape index (κ1) is 11.9. The molecule has 0 N–H and O–H groups in total. The number of aryl methyl sites for hydroxylation is 2. The number of hydrogen-bond acceptors (Lipinski definition) is 1. The van der Waals surface area contributed by atoms with Crippen molar-refractivity contribution in [1.29, 1.82) is 0 Å². The van der Waals surface area contributed by atoms with Crippen LogP contribution in [0.2, 0.25) is 0 Å². The molecule has 2 heteroatoms. The molecule has 0 unspecified atom stereocenters. The summed E-state index contributed by atoms with van der Waals surface area (Å²) in [4.78, 5) is 0. The van der Waals surface area contributed by atoms with Gasteiger partial charge in [0.1, 0.15) is 0 Å². The van der Waals surface area contributed by atoms with Crippen LogP contribution in [0.5, 0.6) is 0 Å². The SMILES string of the molecule is CCc1c(C)nn(Cc2cccc(C)c2)c1C. The molecule has 0 aliphatic carbocycles. The van der Waals surface area contributed by atoms with Crippen LogP contribution in [-0.2, 0) is 13.0 Å². The molecule has 0 radical (unpaired) electrons. The molecule has 1 heterocycles. The fourth-order valence-electron chi connectivity index (χ4n) is 2.38. The maximum atomic E-state index is 4.62. The highest BCUT2D eigenvalue weighted by atomic mass is 15.3. The van der Waals surface area contributed by atoms with Crippen molar-refractivity contribution in [3.05, 3.63) is 52.3 Å². The smallest absolute Gasteiger partial charge is 0.0662 e. The van der Waals surface area contributed by atoms with Crippen LogP contribution in [-0.4, -0.2) is 9.78 Å². The second-order valence-corrected chi connectivity index (χ2v) is 4.65. The predicted molar refractivity (Wildman–Crippen MR) is 71.4 cm³/mol. The average molecular weight is 228 g/mol. The van der Waals surface area contributed by atoms with Gasteiger partial charge in [-0.3, -0.25) is 4.68 Å². The lowest BCUT2D eigenvalue weighted by atomic mass is 10.1. The van der Waals surface area contributed by atoms with Gasteiger partial charge in [0.05, 0.1) is 12.2 Å². The van der Waals surface area contributed by atoms with Gasteiger partial charge in [0.25, 0.3) is 0 Å². The van der Waals surface area contributed by atoms with E-state index in [1.54, 1.807) is 0 Å². The van der Waals surface area contributed by atoms with Gasteiger partial charge in [-0.05, 0) is 38.3 Å². The molecule has 2 rings (SSSR count). The van der Waals surface area contributed by atoms with Gasteiger partial charge in [-0.1, -0.05) is 36.8 Å². The van der Waals surface area contributed by atoms with E-state index in [1.807, 2.05) is 0 Å². The molecular formula is C15H20N2. The van der Waals surface area contributed by atoms with Gasteiger partial charge in [0, 0.05) is 5.69 Å². The van der Waals surface area contributed by atoms with E-state index in [4.69, 9.17) is 0 Å². The highest BCUT2D eigenvalue weighted by Gasteiger charge is 2.09. The summed E-state index contributed by atoms with van der Waals surface area (Å²) in [5, 5.41) is 4.62. The second kappa shape index (κ2) is 4.74. The second-order valence-electron chi connectivity index (χ2n) is 4.65. The quantitative estimate of drug-likeness (QED) is 0.787. The highest BCUT2D eigenvalue weighted by Crippen LogP contribution is 2.15. The number of rotatable bonds is 3. The Hall–Kier alpha value is -1.57. The van der Waals surface area contributed by atoms with E-state index in [0.29, 0.717) is 0 Å². The average Bonchev–Trinajstić information content (AvgIpc) is 2.54. The third-order valence-electron chi connectivity index (χ3n) is 3.30. The summed E-state index contributed by atoms with van der Waals surface area (Å²) < 4.78 is 2.11. The maximum Gasteiger partial charge on any atom is 0.0662 e. The number of benzene rings is 1. The number of nitrogens with zero attached hydrogens (tertiary/aromatic N) is 2. The van der Waals surface area contributed by atoms with Crippen LogP contribution in [0.3, 0.4) is 0 Å². The van der Waals surface area contributed by atoms with Crippen LogP contribution < -0.4 is 0 Å².